The van der Waals surface area contributed by atoms with Crippen LogP contribution in [0, 0.1) is 0 Å². The van der Waals surface area contributed by atoms with Crippen molar-refractivity contribution in [3.8, 4) is 44.5 Å². The van der Waals surface area contributed by atoms with Gasteiger partial charge in [-0.3, -0.25) is 0 Å². The molecule has 244 valence electrons. The SMILES string of the molecule is CC(C)(C)c1cc(-c2ccc(-c3ccccc3)cc2)ccc1N(c1ccc(-c2ccccc2)cc1)c1ccc2c(c1)C(C)(C)c1ccccc1-2. The highest BCUT2D eigenvalue weighted by molar-refractivity contribution is 5.87. The van der Waals surface area contributed by atoms with Crippen LogP contribution in [0.15, 0.2) is 170 Å². The Bertz CT molecular complexity index is 2290. The van der Waals surface area contributed by atoms with Crippen LogP contribution in [-0.2, 0) is 10.8 Å². The highest BCUT2D eigenvalue weighted by Crippen LogP contribution is 2.51. The van der Waals surface area contributed by atoms with Gasteiger partial charge in [0.15, 0.2) is 0 Å². The average molecular weight is 646 g/mol. The van der Waals surface area contributed by atoms with E-state index < -0.39 is 0 Å². The molecule has 7 aromatic rings. The van der Waals surface area contributed by atoms with Crippen LogP contribution in [-0.4, -0.2) is 0 Å². The van der Waals surface area contributed by atoms with Gasteiger partial charge in [0.1, 0.15) is 0 Å². The van der Waals surface area contributed by atoms with Gasteiger partial charge in [-0.15, -0.1) is 0 Å². The van der Waals surface area contributed by atoms with Crippen LogP contribution in [0.4, 0.5) is 17.1 Å². The molecule has 0 aromatic heterocycles. The van der Waals surface area contributed by atoms with Crippen LogP contribution < -0.4 is 4.90 Å². The van der Waals surface area contributed by atoms with E-state index in [1.807, 2.05) is 0 Å². The quantitative estimate of drug-likeness (QED) is 0.174. The molecule has 0 radical (unpaired) electrons. The highest BCUT2D eigenvalue weighted by atomic mass is 15.1. The number of rotatable bonds is 6. The Morgan fingerprint density at radius 2 is 0.860 bits per heavy atom. The summed E-state index contributed by atoms with van der Waals surface area (Å²) in [6.45, 7) is 11.7. The molecule has 0 spiro atoms. The van der Waals surface area contributed by atoms with Crippen LogP contribution in [0.3, 0.4) is 0 Å². The Morgan fingerprint density at radius 3 is 1.46 bits per heavy atom. The van der Waals surface area contributed by atoms with Crippen molar-refractivity contribution in [1.82, 2.24) is 0 Å². The van der Waals surface area contributed by atoms with Gasteiger partial charge in [0.2, 0.25) is 0 Å². The van der Waals surface area contributed by atoms with Gasteiger partial charge in [0, 0.05) is 22.5 Å². The molecule has 1 nitrogen and oxygen atoms in total. The molecular formula is C49H43N. The van der Waals surface area contributed by atoms with Crippen molar-refractivity contribution < 1.29 is 0 Å². The average Bonchev–Trinajstić information content (AvgIpc) is 3.38. The number of hydrogen-bond acceptors (Lipinski definition) is 1. The molecule has 50 heavy (non-hydrogen) atoms. The first-order chi connectivity index (χ1) is 24.2. The van der Waals surface area contributed by atoms with E-state index in [0.29, 0.717) is 0 Å². The molecule has 0 bridgehead atoms. The molecule has 0 unspecified atom stereocenters. The topological polar surface area (TPSA) is 3.24 Å². The van der Waals surface area contributed by atoms with Crippen molar-refractivity contribution in [2.24, 2.45) is 0 Å². The fourth-order valence-electron chi connectivity index (χ4n) is 7.69. The van der Waals surface area contributed by atoms with E-state index in [1.54, 1.807) is 0 Å². The zero-order valence-corrected chi connectivity index (χ0v) is 29.6. The largest absolute Gasteiger partial charge is 0.310 e. The van der Waals surface area contributed by atoms with E-state index >= 15 is 0 Å². The van der Waals surface area contributed by atoms with Crippen LogP contribution in [0.5, 0.6) is 0 Å². The minimum Gasteiger partial charge on any atom is -0.310 e. The van der Waals surface area contributed by atoms with Crippen LogP contribution in [0.25, 0.3) is 44.5 Å². The second-order valence-electron chi connectivity index (χ2n) is 15.1. The molecule has 1 aliphatic rings. The molecular weight excluding hydrogens is 603 g/mol. The van der Waals surface area contributed by atoms with Crippen molar-refractivity contribution in [2.75, 3.05) is 4.90 Å². The first-order valence-electron chi connectivity index (χ1n) is 17.7. The summed E-state index contributed by atoms with van der Waals surface area (Å²) in [5.41, 5.74) is 17.4. The Kier molecular flexibility index (Phi) is 7.80. The third-order valence-electron chi connectivity index (χ3n) is 10.4. The molecule has 0 saturated heterocycles. The maximum Gasteiger partial charge on any atom is 0.0499 e. The maximum absolute atomic E-state index is 2.47. The first-order valence-corrected chi connectivity index (χ1v) is 17.7. The van der Waals surface area contributed by atoms with Crippen LogP contribution in [0.2, 0.25) is 0 Å². The normalized spacial score (nSPS) is 13.1. The fourth-order valence-corrected chi connectivity index (χ4v) is 7.69. The lowest BCUT2D eigenvalue weighted by Gasteiger charge is -2.33. The van der Waals surface area contributed by atoms with E-state index in [4.69, 9.17) is 0 Å². The predicted molar refractivity (Wildman–Crippen MR) is 214 cm³/mol. The van der Waals surface area contributed by atoms with Gasteiger partial charge in [0.05, 0.1) is 0 Å². The molecule has 0 saturated carbocycles. The summed E-state index contributed by atoms with van der Waals surface area (Å²) in [6, 6.07) is 62.3. The van der Waals surface area contributed by atoms with Crippen LogP contribution >= 0.6 is 0 Å². The van der Waals surface area contributed by atoms with Gasteiger partial charge >= 0.3 is 0 Å². The molecule has 0 heterocycles. The summed E-state index contributed by atoms with van der Waals surface area (Å²) in [4.78, 5) is 2.47. The number of anilines is 3. The molecule has 8 rings (SSSR count). The summed E-state index contributed by atoms with van der Waals surface area (Å²) >= 11 is 0. The highest BCUT2D eigenvalue weighted by Gasteiger charge is 2.36. The second-order valence-corrected chi connectivity index (χ2v) is 15.1. The molecule has 1 aliphatic carbocycles. The summed E-state index contributed by atoms with van der Waals surface area (Å²) in [5.74, 6) is 0. The van der Waals surface area contributed by atoms with E-state index in [9.17, 15) is 0 Å². The second kappa shape index (κ2) is 12.3. The molecule has 0 N–H and O–H groups in total. The molecule has 0 fully saturated rings. The standard InChI is InChI=1S/C49H43N/c1-48(2,3)46-32-39(38-22-20-36(21-23-38)34-14-8-6-9-15-34)26-31-47(46)50(40-27-24-37(25-28-40)35-16-10-7-11-17-35)41-29-30-43-42-18-12-13-19-44(42)49(4,5)45(43)33-41/h6-33H,1-5H3. The minimum atomic E-state index is -0.107. The Labute approximate surface area is 297 Å². The van der Waals surface area contributed by atoms with Gasteiger partial charge in [-0.2, -0.15) is 0 Å². The van der Waals surface area contributed by atoms with E-state index in [0.717, 1.165) is 5.69 Å². The van der Waals surface area contributed by atoms with Crippen LogP contribution in [0.1, 0.15) is 51.3 Å². The molecule has 0 atom stereocenters. The number of fused-ring (bicyclic) bond motifs is 3. The van der Waals surface area contributed by atoms with E-state index in [-0.39, 0.29) is 10.8 Å². The van der Waals surface area contributed by atoms with Crippen molar-refractivity contribution in [3.63, 3.8) is 0 Å². The monoisotopic (exact) mass is 645 g/mol. The van der Waals surface area contributed by atoms with Gasteiger partial charge in [-0.25, -0.2) is 0 Å². The summed E-state index contributed by atoms with van der Waals surface area (Å²) < 4.78 is 0. The smallest absolute Gasteiger partial charge is 0.0499 e. The Hall–Kier alpha value is -5.66. The Balaban J connectivity index is 1.27. The number of benzene rings is 7. The van der Waals surface area contributed by atoms with Gasteiger partial charge < -0.3 is 4.90 Å². The maximum atomic E-state index is 2.47. The third kappa shape index (κ3) is 5.63. The summed E-state index contributed by atoms with van der Waals surface area (Å²) in [7, 11) is 0. The third-order valence-corrected chi connectivity index (χ3v) is 10.4. The molecule has 0 amide bonds. The Morgan fingerprint density at radius 1 is 0.400 bits per heavy atom. The summed E-state index contributed by atoms with van der Waals surface area (Å²) in [6.07, 6.45) is 0. The van der Waals surface area contributed by atoms with Crippen molar-refractivity contribution in [3.05, 3.63) is 187 Å². The molecule has 1 heteroatoms. The lowest BCUT2D eigenvalue weighted by molar-refractivity contribution is 0.591. The summed E-state index contributed by atoms with van der Waals surface area (Å²) in [5, 5.41) is 0. The molecule has 7 aromatic carbocycles. The number of nitrogens with zero attached hydrogens (tertiary/aromatic N) is 1. The lowest BCUT2D eigenvalue weighted by Crippen LogP contribution is -2.20. The molecule has 0 aliphatic heterocycles. The van der Waals surface area contributed by atoms with Gasteiger partial charge in [-0.1, -0.05) is 168 Å². The van der Waals surface area contributed by atoms with E-state index in [1.165, 1.54) is 72.6 Å². The van der Waals surface area contributed by atoms with Gasteiger partial charge in [-0.05, 0) is 103 Å². The number of hydrogen-bond donors (Lipinski definition) is 0. The fraction of sp³-hybridized carbons (Fsp3) is 0.143. The van der Waals surface area contributed by atoms with Gasteiger partial charge in [0.25, 0.3) is 0 Å². The zero-order valence-electron chi connectivity index (χ0n) is 29.6. The minimum absolute atomic E-state index is 0.0899. The van der Waals surface area contributed by atoms with E-state index in [2.05, 4.69) is 209 Å². The lowest BCUT2D eigenvalue weighted by atomic mass is 9.82. The zero-order chi connectivity index (χ0) is 34.5. The first kappa shape index (κ1) is 31.6. The van der Waals surface area contributed by atoms with Crippen molar-refractivity contribution >= 4 is 17.1 Å². The van der Waals surface area contributed by atoms with Crippen molar-refractivity contribution in [2.45, 2.75) is 45.4 Å². The van der Waals surface area contributed by atoms with Crippen molar-refractivity contribution in [1.29, 1.82) is 0 Å². The predicted octanol–water partition coefficient (Wildman–Crippen LogP) is 13.8.